The molecule has 0 saturated heterocycles. The molecule has 7 nitrogen and oxygen atoms in total. The maximum absolute atomic E-state index is 13.7. The number of aromatic nitrogens is 2. The predicted molar refractivity (Wildman–Crippen MR) is 149 cm³/mol. The molecule has 4 rings (SSSR count). The zero-order valence-corrected chi connectivity index (χ0v) is 22.8. The number of nitrogens with zero attached hydrogens (tertiary/aromatic N) is 4. The number of hydrogen-bond donors (Lipinski definition) is 0. The molecule has 0 saturated carbocycles. The van der Waals surface area contributed by atoms with E-state index in [0.717, 1.165) is 41.6 Å². The lowest BCUT2D eigenvalue weighted by Gasteiger charge is -2.22. The molecule has 2 aromatic carbocycles. The van der Waals surface area contributed by atoms with Crippen molar-refractivity contribution in [2.75, 3.05) is 18.0 Å². The van der Waals surface area contributed by atoms with Crippen LogP contribution in [0.1, 0.15) is 55.6 Å². The molecule has 0 atom stereocenters. The molecule has 4 aromatic rings. The Morgan fingerprint density at radius 3 is 2.19 bits per heavy atom. The Labute approximate surface area is 222 Å². The highest BCUT2D eigenvalue weighted by Gasteiger charge is 2.26. The fourth-order valence-electron chi connectivity index (χ4n) is 3.95. The minimum Gasteiger partial charge on any atom is -0.278 e. The van der Waals surface area contributed by atoms with E-state index in [1.54, 1.807) is 27.5 Å². The molecule has 0 radical (unpaired) electrons. The van der Waals surface area contributed by atoms with Crippen LogP contribution in [-0.4, -0.2) is 41.7 Å². The molecule has 0 spiro atoms. The van der Waals surface area contributed by atoms with Crippen LogP contribution >= 0.6 is 11.3 Å². The Bertz CT molecular complexity index is 1380. The van der Waals surface area contributed by atoms with Gasteiger partial charge < -0.3 is 0 Å². The normalized spacial score (nSPS) is 11.8. The number of para-hydroxylation sites is 1. The van der Waals surface area contributed by atoms with Crippen LogP contribution < -0.4 is 4.90 Å². The summed E-state index contributed by atoms with van der Waals surface area (Å²) < 4.78 is 29.2. The van der Waals surface area contributed by atoms with Gasteiger partial charge in [0.25, 0.3) is 5.91 Å². The molecular formula is C28H32N4O3S2. The van der Waals surface area contributed by atoms with Crippen molar-refractivity contribution in [3.63, 3.8) is 0 Å². The number of benzene rings is 2. The van der Waals surface area contributed by atoms with Crippen LogP contribution in [0.15, 0.2) is 77.8 Å². The summed E-state index contributed by atoms with van der Waals surface area (Å²) in [6, 6.07) is 19.6. The van der Waals surface area contributed by atoms with Gasteiger partial charge in [-0.1, -0.05) is 56.2 Å². The van der Waals surface area contributed by atoms with Gasteiger partial charge >= 0.3 is 0 Å². The molecule has 9 heteroatoms. The van der Waals surface area contributed by atoms with Crippen LogP contribution in [-0.2, 0) is 16.6 Å². The summed E-state index contributed by atoms with van der Waals surface area (Å²) in [5, 5.41) is 0.568. The molecule has 37 heavy (non-hydrogen) atoms. The Morgan fingerprint density at radius 1 is 0.892 bits per heavy atom. The predicted octanol–water partition coefficient (Wildman–Crippen LogP) is 6.13. The summed E-state index contributed by atoms with van der Waals surface area (Å²) in [6.45, 7) is 5.34. The van der Waals surface area contributed by atoms with Gasteiger partial charge in [0, 0.05) is 24.8 Å². The third-order valence-corrected chi connectivity index (χ3v) is 9.04. The van der Waals surface area contributed by atoms with Gasteiger partial charge in [0.15, 0.2) is 5.13 Å². The molecule has 0 aliphatic heterocycles. The van der Waals surface area contributed by atoms with Crippen LogP contribution in [0.2, 0.25) is 0 Å². The lowest BCUT2D eigenvalue weighted by molar-refractivity contribution is 0.0984. The summed E-state index contributed by atoms with van der Waals surface area (Å²) in [5.74, 6) is -0.262. The fraction of sp³-hybridized carbons (Fsp3) is 0.321. The van der Waals surface area contributed by atoms with Gasteiger partial charge in [-0.05, 0) is 61.4 Å². The highest BCUT2D eigenvalue weighted by atomic mass is 32.2. The lowest BCUT2D eigenvalue weighted by Crippen LogP contribution is -2.33. The van der Waals surface area contributed by atoms with Crippen molar-refractivity contribution in [1.82, 2.24) is 14.3 Å². The summed E-state index contributed by atoms with van der Waals surface area (Å²) in [7, 11) is -3.64. The second kappa shape index (κ2) is 12.4. The molecule has 2 heterocycles. The van der Waals surface area contributed by atoms with Crippen molar-refractivity contribution in [3.05, 3.63) is 84.2 Å². The van der Waals surface area contributed by atoms with E-state index >= 15 is 0 Å². The maximum Gasteiger partial charge on any atom is 0.260 e. The quantitative estimate of drug-likeness (QED) is 0.218. The van der Waals surface area contributed by atoms with Crippen LogP contribution in [0, 0.1) is 0 Å². The maximum atomic E-state index is 13.7. The Hall–Kier alpha value is -3.14. The van der Waals surface area contributed by atoms with Crippen molar-refractivity contribution in [2.24, 2.45) is 0 Å². The number of hydrogen-bond acceptors (Lipinski definition) is 6. The van der Waals surface area contributed by atoms with E-state index in [9.17, 15) is 13.2 Å². The molecule has 0 N–H and O–H groups in total. The monoisotopic (exact) mass is 536 g/mol. The van der Waals surface area contributed by atoms with Crippen molar-refractivity contribution in [3.8, 4) is 0 Å². The standard InChI is InChI=1S/C28H32N4O3S2/c1-3-5-19-31(20-6-4-2)37(34,35)24-16-14-22(15-17-24)27(33)32(21-23-11-9-10-18-29-23)28-30-25-12-7-8-13-26(25)36-28/h7-18H,3-6,19-21H2,1-2H3. The topological polar surface area (TPSA) is 83.5 Å². The first-order chi connectivity index (χ1) is 17.9. The number of amides is 1. The average Bonchev–Trinajstić information content (AvgIpc) is 3.36. The van der Waals surface area contributed by atoms with Crippen molar-refractivity contribution >= 4 is 42.6 Å². The number of carbonyl (C=O) groups is 1. The van der Waals surface area contributed by atoms with E-state index < -0.39 is 10.0 Å². The average molecular weight is 537 g/mol. The van der Waals surface area contributed by atoms with Gasteiger partial charge in [0.2, 0.25) is 10.0 Å². The van der Waals surface area contributed by atoms with Gasteiger partial charge in [-0.3, -0.25) is 14.7 Å². The van der Waals surface area contributed by atoms with Gasteiger partial charge in [0.05, 0.1) is 27.4 Å². The van der Waals surface area contributed by atoms with Gasteiger partial charge in [-0.25, -0.2) is 13.4 Å². The van der Waals surface area contributed by atoms with Gasteiger partial charge in [0.1, 0.15) is 0 Å². The minimum absolute atomic E-state index is 0.201. The van der Waals surface area contributed by atoms with E-state index in [1.165, 1.54) is 23.5 Å². The first-order valence-electron chi connectivity index (χ1n) is 12.6. The van der Waals surface area contributed by atoms with Crippen LogP contribution in [0.4, 0.5) is 5.13 Å². The molecule has 0 bridgehead atoms. The Balaban J connectivity index is 1.63. The molecule has 0 unspecified atom stereocenters. The molecule has 1 amide bonds. The van der Waals surface area contributed by atoms with E-state index in [2.05, 4.69) is 9.97 Å². The summed E-state index contributed by atoms with van der Waals surface area (Å²) in [5.41, 5.74) is 1.95. The van der Waals surface area contributed by atoms with Crippen LogP contribution in [0.3, 0.4) is 0 Å². The summed E-state index contributed by atoms with van der Waals surface area (Å²) in [4.78, 5) is 24.6. The third kappa shape index (κ3) is 6.41. The first kappa shape index (κ1) is 26.9. The largest absolute Gasteiger partial charge is 0.278 e. The molecule has 194 valence electrons. The van der Waals surface area contributed by atoms with Gasteiger partial charge in [-0.15, -0.1) is 0 Å². The minimum atomic E-state index is -3.64. The molecule has 0 aliphatic rings. The molecule has 0 fully saturated rings. The number of anilines is 1. The SMILES string of the molecule is CCCCN(CCCC)S(=O)(=O)c1ccc(C(=O)N(Cc2ccccn2)c2nc3ccccc3s2)cc1. The van der Waals surface area contributed by atoms with E-state index in [4.69, 9.17) is 0 Å². The van der Waals surface area contributed by atoms with Crippen molar-refractivity contribution in [1.29, 1.82) is 0 Å². The zero-order valence-electron chi connectivity index (χ0n) is 21.2. The number of thiazole rings is 1. The zero-order chi connectivity index (χ0) is 26.3. The number of pyridine rings is 1. The number of rotatable bonds is 12. The van der Waals surface area contributed by atoms with Gasteiger partial charge in [-0.2, -0.15) is 4.31 Å². The fourth-order valence-corrected chi connectivity index (χ4v) is 6.43. The molecular weight excluding hydrogens is 504 g/mol. The molecule has 2 aromatic heterocycles. The summed E-state index contributed by atoms with van der Waals surface area (Å²) in [6.07, 6.45) is 5.15. The highest BCUT2D eigenvalue weighted by molar-refractivity contribution is 7.89. The van der Waals surface area contributed by atoms with Crippen LogP contribution in [0.25, 0.3) is 10.2 Å². The van der Waals surface area contributed by atoms with E-state index in [-0.39, 0.29) is 17.3 Å². The van der Waals surface area contributed by atoms with Crippen molar-refractivity contribution in [2.45, 2.75) is 51.0 Å². The number of carbonyl (C=O) groups excluding carboxylic acids is 1. The lowest BCUT2D eigenvalue weighted by atomic mass is 10.2. The Kier molecular flexibility index (Phi) is 9.02. The van der Waals surface area contributed by atoms with Crippen LogP contribution in [0.5, 0.6) is 0 Å². The number of fused-ring (bicyclic) bond motifs is 1. The third-order valence-electron chi connectivity index (χ3n) is 6.07. The number of unbranched alkanes of at least 4 members (excludes halogenated alkanes) is 2. The highest BCUT2D eigenvalue weighted by Crippen LogP contribution is 2.31. The smallest absolute Gasteiger partial charge is 0.260 e. The molecule has 0 aliphatic carbocycles. The van der Waals surface area contributed by atoms with Crippen molar-refractivity contribution < 1.29 is 13.2 Å². The van der Waals surface area contributed by atoms with E-state index in [0.29, 0.717) is 23.8 Å². The second-order valence-corrected chi connectivity index (χ2v) is 11.8. The van der Waals surface area contributed by atoms with E-state index in [1.807, 2.05) is 56.3 Å². The Morgan fingerprint density at radius 2 is 1.57 bits per heavy atom. The first-order valence-corrected chi connectivity index (χ1v) is 14.9. The second-order valence-electron chi connectivity index (χ2n) is 8.81. The summed E-state index contributed by atoms with van der Waals surface area (Å²) >= 11 is 1.44. The number of sulfonamides is 1.